The quantitative estimate of drug-likeness (QED) is 0.410. The molecule has 0 N–H and O–H groups in total. The van der Waals surface area contributed by atoms with Gasteiger partial charge in [-0.15, -0.1) is 0 Å². The van der Waals surface area contributed by atoms with Crippen LogP contribution in [0.4, 0.5) is 0 Å². The highest BCUT2D eigenvalue weighted by molar-refractivity contribution is 7.89. The molecule has 150 valence electrons. The van der Waals surface area contributed by atoms with Gasteiger partial charge in [0.25, 0.3) is 0 Å². The van der Waals surface area contributed by atoms with E-state index in [1.165, 1.54) is 0 Å². The summed E-state index contributed by atoms with van der Waals surface area (Å²) >= 11 is 0. The second-order valence-corrected chi connectivity index (χ2v) is 9.78. The summed E-state index contributed by atoms with van der Waals surface area (Å²) in [5.41, 5.74) is 3.12. The van der Waals surface area contributed by atoms with E-state index in [4.69, 9.17) is 0 Å². The van der Waals surface area contributed by atoms with Crippen LogP contribution in [0.2, 0.25) is 0 Å². The lowest BCUT2D eigenvalue weighted by molar-refractivity contribution is 0.111. The van der Waals surface area contributed by atoms with Gasteiger partial charge >= 0.3 is 0 Å². The van der Waals surface area contributed by atoms with Crippen molar-refractivity contribution < 1.29 is 8.42 Å². The van der Waals surface area contributed by atoms with E-state index in [9.17, 15) is 8.42 Å². The molecular weight excluding hydrogens is 390 g/mol. The largest absolute Gasteiger partial charge is 0.244 e. The molecule has 0 saturated carbocycles. The van der Waals surface area contributed by atoms with Crippen LogP contribution in [0, 0.1) is 6.92 Å². The van der Waals surface area contributed by atoms with Crippen molar-refractivity contribution in [1.82, 2.24) is 4.31 Å². The molecule has 1 aliphatic rings. The fourth-order valence-electron chi connectivity index (χ4n) is 4.32. The van der Waals surface area contributed by atoms with Crippen LogP contribution in [0.15, 0.2) is 102 Å². The lowest BCUT2D eigenvalue weighted by Crippen LogP contribution is -2.47. The van der Waals surface area contributed by atoms with Gasteiger partial charge in [-0.25, -0.2) is 8.42 Å². The zero-order valence-electron chi connectivity index (χ0n) is 16.8. The molecule has 1 saturated heterocycles. The molecule has 1 heterocycles. The summed E-state index contributed by atoms with van der Waals surface area (Å²) < 4.78 is 29.1. The van der Waals surface area contributed by atoms with E-state index in [2.05, 4.69) is 30.3 Å². The number of nitrogens with zero attached hydrogens (tertiary/aromatic N) is 1. The Hall–Kier alpha value is -2.95. The van der Waals surface area contributed by atoms with Gasteiger partial charge in [0.05, 0.1) is 17.0 Å². The first kappa shape index (κ1) is 19.0. The maximum absolute atomic E-state index is 13.7. The van der Waals surface area contributed by atoms with Crippen LogP contribution < -0.4 is 0 Å². The third kappa shape index (κ3) is 3.22. The Morgan fingerprint density at radius 1 is 0.700 bits per heavy atom. The molecule has 2 atom stereocenters. The third-order valence-corrected chi connectivity index (χ3v) is 7.93. The fraction of sp³-hybridized carbons (Fsp3) is 0.154. The lowest BCUT2D eigenvalue weighted by Gasteiger charge is -2.47. The maximum Gasteiger partial charge on any atom is 0.244 e. The number of sulfonamides is 1. The molecular formula is C26H23NO2S. The van der Waals surface area contributed by atoms with Gasteiger partial charge in [-0.3, -0.25) is 0 Å². The van der Waals surface area contributed by atoms with Gasteiger partial charge in [-0.2, -0.15) is 4.31 Å². The zero-order chi connectivity index (χ0) is 20.7. The molecule has 0 unspecified atom stereocenters. The predicted molar refractivity (Wildman–Crippen MR) is 121 cm³/mol. The first-order valence-corrected chi connectivity index (χ1v) is 11.6. The monoisotopic (exact) mass is 413 g/mol. The second-order valence-electron chi connectivity index (χ2n) is 7.93. The maximum atomic E-state index is 13.7. The minimum atomic E-state index is -3.63. The topological polar surface area (TPSA) is 37.4 Å². The molecule has 4 heteroatoms. The van der Waals surface area contributed by atoms with E-state index in [-0.39, 0.29) is 12.1 Å². The first-order chi connectivity index (χ1) is 14.5. The minimum absolute atomic E-state index is 0.158. The number of hydrogen-bond donors (Lipinski definition) is 0. The number of aryl methyl sites for hydroxylation is 1. The summed E-state index contributed by atoms with van der Waals surface area (Å²) in [4.78, 5) is 0.347. The molecule has 0 aliphatic carbocycles. The van der Waals surface area contributed by atoms with E-state index in [0.29, 0.717) is 4.90 Å². The Balaban J connectivity index is 1.59. The summed E-state index contributed by atoms with van der Waals surface area (Å²) in [6.45, 7) is 1.96. The summed E-state index contributed by atoms with van der Waals surface area (Å²) in [5, 5.41) is 2.29. The van der Waals surface area contributed by atoms with Crippen molar-refractivity contribution in [2.45, 2.75) is 30.3 Å². The highest BCUT2D eigenvalue weighted by Gasteiger charge is 2.47. The standard InChI is InChI=1S/C26H23NO2S/c1-19-11-15-24(16-12-19)30(28,29)27-25(21-8-3-2-4-9-21)18-26(27)23-14-13-20-7-5-6-10-22(20)17-23/h2-17,25-26H,18H2,1H3/t25-,26+/m1/s1. The number of fused-ring (bicyclic) bond motifs is 1. The first-order valence-electron chi connectivity index (χ1n) is 10.2. The molecule has 0 bridgehead atoms. The number of benzene rings is 4. The van der Waals surface area contributed by atoms with Crippen molar-refractivity contribution in [2.24, 2.45) is 0 Å². The van der Waals surface area contributed by atoms with Crippen molar-refractivity contribution >= 4 is 20.8 Å². The van der Waals surface area contributed by atoms with Crippen LogP contribution in [0.3, 0.4) is 0 Å². The molecule has 4 aromatic rings. The van der Waals surface area contributed by atoms with E-state index in [1.54, 1.807) is 16.4 Å². The van der Waals surface area contributed by atoms with Gasteiger partial charge in [-0.1, -0.05) is 84.4 Å². The molecule has 0 spiro atoms. The van der Waals surface area contributed by atoms with Crippen molar-refractivity contribution in [3.05, 3.63) is 114 Å². The predicted octanol–water partition coefficient (Wildman–Crippen LogP) is 6.03. The number of hydrogen-bond acceptors (Lipinski definition) is 2. The van der Waals surface area contributed by atoms with Gasteiger partial charge in [0.2, 0.25) is 10.0 Å². The van der Waals surface area contributed by atoms with Crippen molar-refractivity contribution in [3.8, 4) is 0 Å². The summed E-state index contributed by atoms with van der Waals surface area (Å²) in [6, 6.07) is 31.2. The van der Waals surface area contributed by atoms with Gasteiger partial charge in [0.1, 0.15) is 0 Å². The number of rotatable bonds is 4. The smallest absolute Gasteiger partial charge is 0.207 e. The van der Waals surface area contributed by atoms with Gasteiger partial charge in [0.15, 0.2) is 0 Å². The fourth-order valence-corrected chi connectivity index (χ4v) is 6.13. The molecule has 0 radical (unpaired) electrons. The highest BCUT2D eigenvalue weighted by Crippen LogP contribution is 2.51. The van der Waals surface area contributed by atoms with E-state index in [0.717, 1.165) is 33.9 Å². The molecule has 0 amide bonds. The van der Waals surface area contributed by atoms with Crippen molar-refractivity contribution in [3.63, 3.8) is 0 Å². The molecule has 0 aromatic heterocycles. The van der Waals surface area contributed by atoms with Crippen LogP contribution in [0.25, 0.3) is 10.8 Å². The van der Waals surface area contributed by atoms with Gasteiger partial charge in [-0.05, 0) is 53.4 Å². The Labute approximate surface area is 177 Å². The highest BCUT2D eigenvalue weighted by atomic mass is 32.2. The van der Waals surface area contributed by atoms with E-state index >= 15 is 0 Å². The Bertz CT molecular complexity index is 1300. The Morgan fingerprint density at radius 3 is 2.07 bits per heavy atom. The van der Waals surface area contributed by atoms with Crippen LogP contribution in [0.1, 0.15) is 35.2 Å². The molecule has 5 rings (SSSR count). The molecule has 4 aromatic carbocycles. The Kier molecular flexibility index (Phi) is 4.69. The van der Waals surface area contributed by atoms with Crippen LogP contribution in [-0.2, 0) is 10.0 Å². The molecule has 1 fully saturated rings. The normalized spacial score (nSPS) is 19.5. The summed E-state index contributed by atoms with van der Waals surface area (Å²) in [6.07, 6.45) is 0.771. The zero-order valence-corrected chi connectivity index (χ0v) is 17.6. The molecule has 3 nitrogen and oxygen atoms in total. The second kappa shape index (κ2) is 7.38. The third-order valence-electron chi connectivity index (χ3n) is 6.00. The van der Waals surface area contributed by atoms with E-state index in [1.807, 2.05) is 61.5 Å². The van der Waals surface area contributed by atoms with Crippen LogP contribution in [0.5, 0.6) is 0 Å². The SMILES string of the molecule is Cc1ccc(S(=O)(=O)N2[C@@H](c3ccccc3)C[C@H]2c2ccc3ccccc3c2)cc1. The van der Waals surface area contributed by atoms with Crippen LogP contribution in [-0.4, -0.2) is 12.7 Å². The minimum Gasteiger partial charge on any atom is -0.207 e. The van der Waals surface area contributed by atoms with E-state index < -0.39 is 10.0 Å². The molecule has 30 heavy (non-hydrogen) atoms. The van der Waals surface area contributed by atoms with Crippen molar-refractivity contribution in [2.75, 3.05) is 0 Å². The molecule has 1 aliphatic heterocycles. The average molecular weight is 414 g/mol. The Morgan fingerprint density at radius 2 is 1.33 bits per heavy atom. The summed E-state index contributed by atoms with van der Waals surface area (Å²) in [5.74, 6) is 0. The van der Waals surface area contributed by atoms with Crippen LogP contribution >= 0.6 is 0 Å². The van der Waals surface area contributed by atoms with Crippen molar-refractivity contribution in [1.29, 1.82) is 0 Å². The lowest BCUT2D eigenvalue weighted by atomic mass is 9.86. The van der Waals surface area contributed by atoms with Gasteiger partial charge < -0.3 is 0 Å². The van der Waals surface area contributed by atoms with Gasteiger partial charge in [0, 0.05) is 0 Å². The summed E-state index contributed by atoms with van der Waals surface area (Å²) in [7, 11) is -3.63. The average Bonchev–Trinajstić information content (AvgIpc) is 2.74.